The largest absolute Gasteiger partial charge is 0.484 e. The van der Waals surface area contributed by atoms with Gasteiger partial charge in [0.05, 0.1) is 6.54 Å². The Morgan fingerprint density at radius 1 is 1.10 bits per heavy atom. The first-order valence-corrected chi connectivity index (χ1v) is 9.14. The molecule has 2 N–H and O–H groups in total. The van der Waals surface area contributed by atoms with Crippen molar-refractivity contribution in [1.29, 1.82) is 0 Å². The highest BCUT2D eigenvalue weighted by molar-refractivity contribution is 14.0. The molecule has 0 aliphatic carbocycles. The summed E-state index contributed by atoms with van der Waals surface area (Å²) < 4.78 is 41.2. The molecule has 29 heavy (non-hydrogen) atoms. The van der Waals surface area contributed by atoms with E-state index in [1.54, 1.807) is 24.4 Å². The lowest BCUT2D eigenvalue weighted by Gasteiger charge is -2.12. The normalized spacial score (nSPS) is 11.6. The van der Waals surface area contributed by atoms with Crippen molar-refractivity contribution >= 4 is 41.5 Å². The van der Waals surface area contributed by atoms with Crippen LogP contribution in [-0.4, -0.2) is 36.8 Å². The molecule has 0 atom stereocenters. The van der Waals surface area contributed by atoms with Gasteiger partial charge in [-0.1, -0.05) is 29.8 Å². The number of guanidine groups is 1. The van der Waals surface area contributed by atoms with E-state index in [4.69, 9.17) is 16.3 Å². The van der Waals surface area contributed by atoms with Crippen molar-refractivity contribution in [3.8, 4) is 5.75 Å². The Bertz CT molecular complexity index is 756. The number of alkyl halides is 3. The predicted octanol–water partition coefficient (Wildman–Crippen LogP) is 4.59. The zero-order valence-corrected chi connectivity index (χ0v) is 18.9. The second kappa shape index (κ2) is 12.7. The number of aliphatic imine (C=N–C) groups is 1. The summed E-state index contributed by atoms with van der Waals surface area (Å²) in [6, 6.07) is 10.1. The fourth-order valence-corrected chi connectivity index (χ4v) is 2.36. The van der Waals surface area contributed by atoms with E-state index in [1.165, 1.54) is 12.1 Å². The Kier molecular flexibility index (Phi) is 11.1. The van der Waals surface area contributed by atoms with E-state index < -0.39 is 12.8 Å². The maximum atomic E-state index is 12.2. The minimum absolute atomic E-state index is 0. The zero-order chi connectivity index (χ0) is 20.4. The summed E-state index contributed by atoms with van der Waals surface area (Å²) >= 11 is 5.77. The lowest BCUT2D eigenvalue weighted by atomic mass is 10.2. The lowest BCUT2D eigenvalue weighted by Crippen LogP contribution is -2.38. The van der Waals surface area contributed by atoms with Crippen LogP contribution < -0.4 is 15.4 Å². The number of rotatable bonds is 8. The molecule has 0 aliphatic heterocycles. The summed E-state index contributed by atoms with van der Waals surface area (Å²) in [5.74, 6) is 0.827. The molecule has 0 unspecified atom stereocenters. The fourth-order valence-electron chi connectivity index (χ4n) is 2.25. The van der Waals surface area contributed by atoms with Crippen molar-refractivity contribution in [3.63, 3.8) is 0 Å². The molecule has 2 rings (SSSR count). The van der Waals surface area contributed by atoms with E-state index in [9.17, 15) is 13.2 Å². The van der Waals surface area contributed by atoms with Crippen molar-refractivity contribution in [1.82, 2.24) is 15.6 Å². The van der Waals surface area contributed by atoms with Crippen molar-refractivity contribution in [2.75, 3.05) is 19.7 Å². The van der Waals surface area contributed by atoms with Crippen LogP contribution in [0, 0.1) is 0 Å². The minimum atomic E-state index is -4.35. The van der Waals surface area contributed by atoms with Crippen LogP contribution in [0.5, 0.6) is 5.75 Å². The standard InChI is InChI=1S/C19H22ClF3N4O.HI/c1-2-24-18(25-10-9-15-5-8-17(20)26-11-15)27-12-14-3-6-16(7-4-14)28-13-19(21,22)23;/h3-8,11H,2,9-10,12-13H2,1H3,(H2,24,25,27);1H. The molecular weight excluding hydrogens is 520 g/mol. The van der Waals surface area contributed by atoms with Gasteiger partial charge in [0.15, 0.2) is 12.6 Å². The Balaban J connectivity index is 0.00000420. The molecule has 1 heterocycles. The average Bonchev–Trinajstić information content (AvgIpc) is 2.66. The number of pyridine rings is 1. The second-order valence-electron chi connectivity index (χ2n) is 5.91. The summed E-state index contributed by atoms with van der Waals surface area (Å²) in [5, 5.41) is 6.84. The van der Waals surface area contributed by atoms with Crippen LogP contribution >= 0.6 is 35.6 Å². The molecule has 0 saturated carbocycles. The van der Waals surface area contributed by atoms with Crippen molar-refractivity contribution in [2.24, 2.45) is 4.99 Å². The number of nitrogens with zero attached hydrogens (tertiary/aromatic N) is 2. The van der Waals surface area contributed by atoms with Crippen molar-refractivity contribution in [2.45, 2.75) is 26.1 Å². The maximum Gasteiger partial charge on any atom is 0.422 e. The molecular formula is C19H23ClF3IN4O. The van der Waals surface area contributed by atoms with Gasteiger partial charge >= 0.3 is 6.18 Å². The van der Waals surface area contributed by atoms with Crippen LogP contribution in [0.3, 0.4) is 0 Å². The van der Waals surface area contributed by atoms with E-state index in [2.05, 4.69) is 20.6 Å². The molecule has 5 nitrogen and oxygen atoms in total. The SMILES string of the molecule is CCNC(=NCc1ccc(OCC(F)(F)F)cc1)NCCc1ccc(Cl)nc1.I. The molecule has 10 heteroatoms. The number of hydrogen-bond acceptors (Lipinski definition) is 3. The highest BCUT2D eigenvalue weighted by atomic mass is 127. The third-order valence-electron chi connectivity index (χ3n) is 3.58. The van der Waals surface area contributed by atoms with Gasteiger partial charge in [0.1, 0.15) is 10.9 Å². The van der Waals surface area contributed by atoms with E-state index in [1.807, 2.05) is 13.0 Å². The molecule has 1 aromatic heterocycles. The van der Waals surface area contributed by atoms with Gasteiger partial charge in [0, 0.05) is 19.3 Å². The van der Waals surface area contributed by atoms with Crippen LogP contribution in [0.1, 0.15) is 18.1 Å². The number of hydrogen-bond donors (Lipinski definition) is 2. The van der Waals surface area contributed by atoms with Gasteiger partial charge in [-0.3, -0.25) is 0 Å². The highest BCUT2D eigenvalue weighted by Crippen LogP contribution is 2.19. The summed E-state index contributed by atoms with van der Waals surface area (Å²) in [6.07, 6.45) is -1.85. The number of halogens is 5. The summed E-state index contributed by atoms with van der Waals surface area (Å²) in [7, 11) is 0. The van der Waals surface area contributed by atoms with Crippen LogP contribution in [-0.2, 0) is 13.0 Å². The molecule has 0 radical (unpaired) electrons. The Morgan fingerprint density at radius 2 is 1.79 bits per heavy atom. The van der Waals surface area contributed by atoms with Gasteiger partial charge in [-0.15, -0.1) is 24.0 Å². The predicted molar refractivity (Wildman–Crippen MR) is 119 cm³/mol. The Hall–Kier alpha value is -1.75. The molecule has 0 aliphatic rings. The van der Waals surface area contributed by atoms with Crippen LogP contribution in [0.4, 0.5) is 13.2 Å². The third kappa shape index (κ3) is 10.6. The van der Waals surface area contributed by atoms with E-state index in [-0.39, 0.29) is 29.7 Å². The second-order valence-corrected chi connectivity index (χ2v) is 6.30. The molecule has 160 valence electrons. The molecule has 0 amide bonds. The van der Waals surface area contributed by atoms with Gasteiger partial charge in [-0.25, -0.2) is 9.98 Å². The molecule has 0 saturated heterocycles. The number of benzene rings is 1. The quantitative estimate of drug-likeness (QED) is 0.222. The zero-order valence-electron chi connectivity index (χ0n) is 15.8. The molecule has 2 aromatic rings. The van der Waals surface area contributed by atoms with Gasteiger partial charge in [-0.05, 0) is 42.7 Å². The monoisotopic (exact) mass is 542 g/mol. The van der Waals surface area contributed by atoms with Crippen LogP contribution in [0.15, 0.2) is 47.6 Å². The molecule has 0 spiro atoms. The number of ether oxygens (including phenoxy) is 1. The van der Waals surface area contributed by atoms with E-state index in [0.717, 1.165) is 17.5 Å². The van der Waals surface area contributed by atoms with Gasteiger partial charge in [-0.2, -0.15) is 13.2 Å². The Morgan fingerprint density at radius 3 is 2.38 bits per heavy atom. The van der Waals surface area contributed by atoms with Gasteiger partial charge in [0.25, 0.3) is 0 Å². The Labute approximate surface area is 190 Å². The van der Waals surface area contributed by atoms with Crippen molar-refractivity contribution in [3.05, 3.63) is 58.9 Å². The minimum Gasteiger partial charge on any atom is -0.484 e. The third-order valence-corrected chi connectivity index (χ3v) is 3.81. The number of aromatic nitrogens is 1. The van der Waals surface area contributed by atoms with E-state index in [0.29, 0.717) is 30.7 Å². The van der Waals surface area contributed by atoms with Gasteiger partial charge in [0.2, 0.25) is 0 Å². The molecule has 0 fully saturated rings. The highest BCUT2D eigenvalue weighted by Gasteiger charge is 2.28. The average molecular weight is 543 g/mol. The lowest BCUT2D eigenvalue weighted by molar-refractivity contribution is -0.153. The summed E-state index contributed by atoms with van der Waals surface area (Å²) in [6.45, 7) is 2.42. The first-order chi connectivity index (χ1) is 13.4. The maximum absolute atomic E-state index is 12.2. The first kappa shape index (κ1) is 25.3. The van der Waals surface area contributed by atoms with Crippen LogP contribution in [0.2, 0.25) is 5.15 Å². The topological polar surface area (TPSA) is 58.5 Å². The summed E-state index contributed by atoms with van der Waals surface area (Å²) in [4.78, 5) is 8.52. The van der Waals surface area contributed by atoms with Crippen molar-refractivity contribution < 1.29 is 17.9 Å². The fraction of sp³-hybridized carbons (Fsp3) is 0.368. The van der Waals surface area contributed by atoms with E-state index >= 15 is 0 Å². The molecule has 1 aromatic carbocycles. The van der Waals surface area contributed by atoms with Crippen LogP contribution in [0.25, 0.3) is 0 Å². The van der Waals surface area contributed by atoms with Gasteiger partial charge < -0.3 is 15.4 Å². The first-order valence-electron chi connectivity index (χ1n) is 8.77. The molecule has 0 bridgehead atoms. The number of nitrogens with one attached hydrogen (secondary N) is 2. The summed E-state index contributed by atoms with van der Waals surface area (Å²) in [5.41, 5.74) is 1.92. The smallest absolute Gasteiger partial charge is 0.422 e.